The van der Waals surface area contributed by atoms with Gasteiger partial charge in [-0.3, -0.25) is 24.4 Å². The third-order valence-electron chi connectivity index (χ3n) is 6.91. The van der Waals surface area contributed by atoms with Crippen molar-refractivity contribution >= 4 is 70.9 Å². The molecule has 0 saturated carbocycles. The van der Waals surface area contributed by atoms with Crippen LogP contribution in [0.5, 0.6) is 5.75 Å². The molecule has 14 nitrogen and oxygen atoms in total. The Labute approximate surface area is 334 Å². The van der Waals surface area contributed by atoms with Crippen molar-refractivity contribution in [1.82, 2.24) is 19.7 Å². The molecular formula is C35H49Cl3N5O9PS. The summed E-state index contributed by atoms with van der Waals surface area (Å²) in [4.78, 5) is 53.8. The molecule has 1 aliphatic heterocycles. The van der Waals surface area contributed by atoms with Crippen molar-refractivity contribution in [2.24, 2.45) is 0 Å². The van der Waals surface area contributed by atoms with Crippen LogP contribution in [0.1, 0.15) is 43.6 Å². The average molecular weight is 853 g/mol. The van der Waals surface area contributed by atoms with Crippen molar-refractivity contribution in [3.05, 3.63) is 67.8 Å². The SMILES string of the molecule is C#CCOc1cc(-n2nc3n(c2=O)CCCC3)c(Cl)cc1Cl.CCOCN(C(=O)CCl)c1c(C)cccc1CC.C[S+](C)C.O=C(O)CNCP(=O)([O-])O. The molecule has 2 aromatic carbocycles. The number of rotatable bonds is 13. The predicted molar refractivity (Wildman–Crippen MR) is 216 cm³/mol. The van der Waals surface area contributed by atoms with Crippen LogP contribution < -0.4 is 25.5 Å². The fraction of sp³-hybridized carbons (Fsp3) is 0.486. The maximum atomic E-state index is 12.5. The van der Waals surface area contributed by atoms with E-state index in [2.05, 4.69) is 36.7 Å². The van der Waals surface area contributed by atoms with Gasteiger partial charge in [0.1, 0.15) is 38.4 Å². The lowest BCUT2D eigenvalue weighted by atomic mass is 10.0. The van der Waals surface area contributed by atoms with E-state index in [4.69, 9.17) is 60.7 Å². The second-order valence-corrected chi connectivity index (χ2v) is 16.9. The molecule has 1 aromatic heterocycles. The molecule has 1 aliphatic rings. The van der Waals surface area contributed by atoms with Crippen molar-refractivity contribution in [3.63, 3.8) is 0 Å². The van der Waals surface area contributed by atoms with Crippen molar-refractivity contribution in [2.75, 3.05) is 62.3 Å². The monoisotopic (exact) mass is 851 g/mol. The van der Waals surface area contributed by atoms with Crippen molar-refractivity contribution in [3.8, 4) is 23.8 Å². The molecule has 0 spiro atoms. The Hall–Kier alpha value is -3.03. The van der Waals surface area contributed by atoms with Gasteiger partial charge in [-0.05, 0) is 61.2 Å². The number of carbonyl (C=O) groups is 2. The largest absolute Gasteiger partial charge is 0.778 e. The summed E-state index contributed by atoms with van der Waals surface area (Å²) in [6, 6.07) is 9.14. The first-order valence-corrected chi connectivity index (χ1v) is 22.1. The van der Waals surface area contributed by atoms with Gasteiger partial charge < -0.3 is 28.9 Å². The summed E-state index contributed by atoms with van der Waals surface area (Å²) >= 11 is 18.0. The van der Waals surface area contributed by atoms with Gasteiger partial charge in [-0.15, -0.1) is 23.1 Å². The number of carboxylic acids is 1. The lowest BCUT2D eigenvalue weighted by Gasteiger charge is -2.25. The van der Waals surface area contributed by atoms with E-state index in [1.807, 2.05) is 37.4 Å². The molecule has 0 saturated heterocycles. The number of fused-ring (bicyclic) bond motifs is 1. The van der Waals surface area contributed by atoms with Gasteiger partial charge in [0.15, 0.2) is 0 Å². The van der Waals surface area contributed by atoms with E-state index >= 15 is 0 Å². The maximum absolute atomic E-state index is 12.5. The first kappa shape index (κ1) is 49.0. The number of ether oxygens (including phenoxy) is 2. The molecule has 1 atom stereocenters. The van der Waals surface area contributed by atoms with E-state index in [9.17, 15) is 23.8 Å². The quantitative estimate of drug-likeness (QED) is 0.0724. The number of carbonyl (C=O) groups excluding carboxylic acids is 1. The molecule has 19 heteroatoms. The lowest BCUT2D eigenvalue weighted by Crippen LogP contribution is -2.35. The Morgan fingerprint density at radius 1 is 1.19 bits per heavy atom. The normalized spacial score (nSPS) is 12.6. The van der Waals surface area contributed by atoms with E-state index < -0.39 is 26.4 Å². The second kappa shape index (κ2) is 25.2. The summed E-state index contributed by atoms with van der Waals surface area (Å²) in [6.45, 7) is 7.07. The van der Waals surface area contributed by atoms with Crippen LogP contribution in [0.4, 0.5) is 5.69 Å². The van der Waals surface area contributed by atoms with Gasteiger partial charge in [0, 0.05) is 25.6 Å². The molecule has 300 valence electrons. The third-order valence-corrected chi connectivity index (χ3v) is 8.36. The number of aryl methyl sites for hydroxylation is 3. The molecule has 0 radical (unpaired) electrons. The molecule has 0 bridgehead atoms. The summed E-state index contributed by atoms with van der Waals surface area (Å²) in [7, 11) is -3.71. The molecular weight excluding hydrogens is 804 g/mol. The Morgan fingerprint density at radius 3 is 2.39 bits per heavy atom. The van der Waals surface area contributed by atoms with Gasteiger partial charge in [-0.25, -0.2) is 4.79 Å². The van der Waals surface area contributed by atoms with E-state index in [1.165, 1.54) is 10.7 Å². The average Bonchev–Trinajstić information content (AvgIpc) is 3.43. The number of anilines is 1. The number of hydrogen-bond donors (Lipinski definition) is 3. The van der Waals surface area contributed by atoms with Gasteiger partial charge in [0.05, 0.1) is 53.0 Å². The zero-order valence-electron chi connectivity index (χ0n) is 31.3. The summed E-state index contributed by atoms with van der Waals surface area (Å²) in [5, 5.41) is 15.0. The molecule has 3 N–H and O–H groups in total. The van der Waals surface area contributed by atoms with Crippen LogP contribution in [0.2, 0.25) is 10.0 Å². The van der Waals surface area contributed by atoms with Crippen LogP contribution >= 0.6 is 42.4 Å². The van der Waals surface area contributed by atoms with Crippen molar-refractivity contribution < 1.29 is 38.5 Å². The number of aliphatic carboxylic acids is 1. The number of terminal acetylenes is 1. The first-order valence-electron chi connectivity index (χ1n) is 16.6. The Kier molecular flexibility index (Phi) is 22.9. The van der Waals surface area contributed by atoms with E-state index in [-0.39, 0.29) is 30.8 Å². The smallest absolute Gasteiger partial charge is 0.350 e. The highest BCUT2D eigenvalue weighted by Crippen LogP contribution is 2.33. The van der Waals surface area contributed by atoms with Crippen LogP contribution in [0.15, 0.2) is 35.1 Å². The minimum absolute atomic E-state index is 0.0371. The van der Waals surface area contributed by atoms with E-state index in [0.717, 1.165) is 48.3 Å². The highest BCUT2D eigenvalue weighted by Gasteiger charge is 2.21. The number of hydrogen-bond acceptors (Lipinski definition) is 9. The van der Waals surface area contributed by atoms with Gasteiger partial charge in [0.25, 0.3) is 0 Å². The van der Waals surface area contributed by atoms with Crippen molar-refractivity contribution in [2.45, 2.75) is 53.0 Å². The number of nitrogens with one attached hydrogen (secondary N) is 1. The van der Waals surface area contributed by atoms with Crippen LogP contribution in [0.3, 0.4) is 0 Å². The first-order chi connectivity index (χ1) is 25.4. The lowest BCUT2D eigenvalue weighted by molar-refractivity contribution is -0.193. The fourth-order valence-electron chi connectivity index (χ4n) is 4.68. The fourth-order valence-corrected chi connectivity index (χ4v) is 5.74. The number of para-hydroxylation sites is 1. The van der Waals surface area contributed by atoms with Crippen LogP contribution in [0.25, 0.3) is 5.69 Å². The van der Waals surface area contributed by atoms with E-state index in [1.54, 1.807) is 15.5 Å². The number of amides is 1. The zero-order valence-corrected chi connectivity index (χ0v) is 35.3. The predicted octanol–water partition coefficient (Wildman–Crippen LogP) is 4.47. The molecule has 0 fully saturated rings. The van der Waals surface area contributed by atoms with Gasteiger partial charge in [0.2, 0.25) is 5.91 Å². The summed E-state index contributed by atoms with van der Waals surface area (Å²) in [5.74, 6) is 2.17. The number of halogens is 3. The topological polar surface area (TPSA) is 188 Å². The third kappa shape index (κ3) is 17.2. The summed E-state index contributed by atoms with van der Waals surface area (Å²) < 4.78 is 23.7. The standard InChI is InChI=1S/C15H13Cl2N3O2.C14H20ClNO2.C3H8NO5P.C3H9S/c1-2-7-22-13-9-12(10(16)8-11(13)17)20-15(21)19-6-4-3-5-14(19)18-20;1-4-12-8-6-7-11(3)14(12)16(10-18-5-2)13(17)9-15;5-3(6)1-4-2-10(7,8)9;1-4(2)3/h1,8-9H,3-7H2;6-8H,4-5,9-10H2,1-3H3;4H,1-2H2,(H,5,6)(H2,7,8,9);1-3H3/q;;;+1/p-1. The van der Waals surface area contributed by atoms with E-state index in [0.29, 0.717) is 45.5 Å². The Bertz CT molecular complexity index is 1810. The number of nitrogens with zero attached hydrogens (tertiary/aromatic N) is 4. The molecule has 54 heavy (non-hydrogen) atoms. The highest BCUT2D eigenvalue weighted by molar-refractivity contribution is 7.94. The molecule has 0 aliphatic carbocycles. The van der Waals surface area contributed by atoms with Crippen LogP contribution in [-0.4, -0.2) is 93.6 Å². The highest BCUT2D eigenvalue weighted by atomic mass is 35.5. The number of benzene rings is 2. The van der Waals surface area contributed by atoms with Crippen LogP contribution in [0, 0.1) is 19.3 Å². The zero-order chi connectivity index (χ0) is 41.0. The molecule has 2 heterocycles. The molecule has 3 aromatic rings. The molecule has 4 rings (SSSR count). The summed E-state index contributed by atoms with van der Waals surface area (Å²) in [6.07, 6.45) is 14.7. The van der Waals surface area contributed by atoms with Gasteiger partial charge in [-0.2, -0.15) is 4.68 Å². The van der Waals surface area contributed by atoms with Gasteiger partial charge >= 0.3 is 11.7 Å². The number of alkyl halides is 1. The minimum Gasteiger partial charge on any atom is -0.778 e. The molecule has 1 amide bonds. The number of aromatic nitrogens is 3. The number of carboxylic acid groups (broad SMARTS) is 1. The Morgan fingerprint density at radius 2 is 1.85 bits per heavy atom. The Balaban J connectivity index is 0.000000409. The second-order valence-electron chi connectivity index (χ2n) is 11.8. The summed E-state index contributed by atoms with van der Waals surface area (Å²) in [5.41, 5.74) is 3.35. The van der Waals surface area contributed by atoms with Gasteiger partial charge in [-0.1, -0.05) is 54.2 Å². The van der Waals surface area contributed by atoms with Crippen molar-refractivity contribution in [1.29, 1.82) is 0 Å². The maximum Gasteiger partial charge on any atom is 0.350 e. The van der Waals surface area contributed by atoms with Crippen LogP contribution in [-0.2, 0) is 49.2 Å². The minimum atomic E-state index is -4.35. The molecule has 1 unspecified atom stereocenters.